The highest BCUT2D eigenvalue weighted by molar-refractivity contribution is 7.92. The number of ether oxygens (including phenoxy) is 1. The van der Waals surface area contributed by atoms with Gasteiger partial charge >= 0.3 is 0 Å². The molecule has 0 radical (unpaired) electrons. The van der Waals surface area contributed by atoms with E-state index in [1.54, 1.807) is 43.5 Å². The quantitative estimate of drug-likeness (QED) is 0.522. The van der Waals surface area contributed by atoms with Crippen molar-refractivity contribution in [1.82, 2.24) is 5.32 Å². The number of aryl methyl sites for hydroxylation is 3. The van der Waals surface area contributed by atoms with Gasteiger partial charge in [-0.15, -0.1) is 0 Å². The Bertz CT molecular complexity index is 1220. The third kappa shape index (κ3) is 5.73. The second kappa shape index (κ2) is 10.1. The highest BCUT2D eigenvalue weighted by Crippen LogP contribution is 2.27. The van der Waals surface area contributed by atoms with Crippen molar-refractivity contribution in [2.45, 2.75) is 38.6 Å². The Morgan fingerprint density at radius 2 is 1.55 bits per heavy atom. The maximum atomic E-state index is 13.6. The number of anilines is 1. The summed E-state index contributed by atoms with van der Waals surface area (Å²) in [6.45, 7) is 7.18. The number of para-hydroxylation sites is 1. The van der Waals surface area contributed by atoms with Crippen LogP contribution in [0.25, 0.3) is 0 Å². The zero-order chi connectivity index (χ0) is 24.2. The van der Waals surface area contributed by atoms with Crippen LogP contribution in [0.4, 0.5) is 5.69 Å². The van der Waals surface area contributed by atoms with Crippen LogP contribution in [0, 0.1) is 20.8 Å². The molecule has 33 heavy (non-hydrogen) atoms. The fourth-order valence-electron chi connectivity index (χ4n) is 3.77. The number of hydrogen-bond donors (Lipinski definition) is 1. The minimum Gasteiger partial charge on any atom is -0.496 e. The first-order valence-corrected chi connectivity index (χ1v) is 12.2. The number of hydrogen-bond acceptors (Lipinski definition) is 4. The van der Waals surface area contributed by atoms with E-state index in [1.165, 1.54) is 4.31 Å². The van der Waals surface area contributed by atoms with Crippen LogP contribution >= 0.6 is 0 Å². The summed E-state index contributed by atoms with van der Waals surface area (Å²) in [6.07, 6.45) is 0. The number of sulfonamides is 1. The molecule has 0 aliphatic heterocycles. The number of carbonyl (C=O) groups is 1. The summed E-state index contributed by atoms with van der Waals surface area (Å²) in [6, 6.07) is 19.2. The van der Waals surface area contributed by atoms with Crippen molar-refractivity contribution in [1.29, 1.82) is 0 Å². The van der Waals surface area contributed by atoms with E-state index in [-0.39, 0.29) is 17.5 Å². The molecule has 1 amide bonds. The van der Waals surface area contributed by atoms with Crippen molar-refractivity contribution >= 4 is 21.6 Å². The number of nitrogens with one attached hydrogen (secondary N) is 1. The van der Waals surface area contributed by atoms with Gasteiger partial charge in [0.05, 0.1) is 23.7 Å². The van der Waals surface area contributed by atoms with Crippen molar-refractivity contribution in [3.63, 3.8) is 0 Å². The molecule has 3 aromatic carbocycles. The Balaban J connectivity index is 1.94. The average Bonchev–Trinajstić information content (AvgIpc) is 2.76. The van der Waals surface area contributed by atoms with Crippen LogP contribution in [0.5, 0.6) is 5.75 Å². The summed E-state index contributed by atoms with van der Waals surface area (Å²) in [5, 5.41) is 2.91. The molecule has 0 bridgehead atoms. The number of amides is 1. The fraction of sp³-hybridized carbons (Fsp3) is 0.269. The first-order chi connectivity index (χ1) is 15.6. The summed E-state index contributed by atoms with van der Waals surface area (Å²) in [5.74, 6) is 0.243. The number of nitrogens with zero attached hydrogens (tertiary/aromatic N) is 1. The summed E-state index contributed by atoms with van der Waals surface area (Å²) in [4.78, 5) is 13.2. The minimum atomic E-state index is -3.96. The maximum absolute atomic E-state index is 13.6. The topological polar surface area (TPSA) is 75.7 Å². The van der Waals surface area contributed by atoms with Gasteiger partial charge in [0.1, 0.15) is 12.3 Å². The van der Waals surface area contributed by atoms with Gasteiger partial charge in [-0.2, -0.15) is 0 Å². The summed E-state index contributed by atoms with van der Waals surface area (Å²) >= 11 is 0. The van der Waals surface area contributed by atoms with Gasteiger partial charge in [0, 0.05) is 5.56 Å². The highest BCUT2D eigenvalue weighted by atomic mass is 32.2. The predicted octanol–water partition coefficient (Wildman–Crippen LogP) is 4.69. The lowest BCUT2D eigenvalue weighted by molar-refractivity contribution is -0.120. The molecule has 0 saturated carbocycles. The van der Waals surface area contributed by atoms with Crippen molar-refractivity contribution in [2.75, 3.05) is 18.0 Å². The van der Waals surface area contributed by atoms with E-state index < -0.39 is 15.9 Å². The van der Waals surface area contributed by atoms with E-state index in [0.29, 0.717) is 11.4 Å². The smallest absolute Gasteiger partial charge is 0.264 e. The highest BCUT2D eigenvalue weighted by Gasteiger charge is 2.28. The van der Waals surface area contributed by atoms with Gasteiger partial charge < -0.3 is 10.1 Å². The van der Waals surface area contributed by atoms with E-state index in [0.717, 1.165) is 22.3 Å². The van der Waals surface area contributed by atoms with Crippen LogP contribution in [0.1, 0.15) is 35.2 Å². The lowest BCUT2D eigenvalue weighted by atomic mass is 10.1. The third-order valence-electron chi connectivity index (χ3n) is 5.37. The Labute approximate surface area is 196 Å². The largest absolute Gasteiger partial charge is 0.496 e. The summed E-state index contributed by atoms with van der Waals surface area (Å²) in [5.41, 5.74) is 4.05. The summed E-state index contributed by atoms with van der Waals surface area (Å²) in [7, 11) is -2.39. The van der Waals surface area contributed by atoms with Gasteiger partial charge in [-0.25, -0.2) is 8.42 Å². The molecule has 1 atom stereocenters. The zero-order valence-electron chi connectivity index (χ0n) is 19.6. The molecule has 1 N–H and O–H groups in total. The van der Waals surface area contributed by atoms with E-state index >= 15 is 0 Å². The van der Waals surface area contributed by atoms with Gasteiger partial charge in [0.2, 0.25) is 5.91 Å². The average molecular weight is 467 g/mol. The SMILES string of the molecule is COc1ccccc1[C@@H](C)NC(=O)CN(c1cc(C)cc(C)c1)S(=O)(=O)c1ccc(C)cc1. The normalized spacial score (nSPS) is 12.2. The van der Waals surface area contributed by atoms with E-state index in [4.69, 9.17) is 4.74 Å². The predicted molar refractivity (Wildman–Crippen MR) is 131 cm³/mol. The lowest BCUT2D eigenvalue weighted by Gasteiger charge is -2.26. The second-order valence-electron chi connectivity index (χ2n) is 8.20. The Hall–Kier alpha value is -3.32. The van der Waals surface area contributed by atoms with Crippen molar-refractivity contribution in [3.8, 4) is 5.75 Å². The Kier molecular flexibility index (Phi) is 7.43. The molecule has 3 rings (SSSR count). The molecule has 6 nitrogen and oxygen atoms in total. The van der Waals surface area contributed by atoms with Crippen LogP contribution in [0.3, 0.4) is 0 Å². The zero-order valence-corrected chi connectivity index (χ0v) is 20.4. The van der Waals surface area contributed by atoms with Gasteiger partial charge in [0.25, 0.3) is 10.0 Å². The molecule has 0 spiro atoms. The first kappa shape index (κ1) is 24.3. The monoisotopic (exact) mass is 466 g/mol. The van der Waals surface area contributed by atoms with Gasteiger partial charge in [0.15, 0.2) is 0 Å². The van der Waals surface area contributed by atoms with Crippen molar-refractivity contribution in [3.05, 3.63) is 89.0 Å². The maximum Gasteiger partial charge on any atom is 0.264 e. The van der Waals surface area contributed by atoms with Crippen LogP contribution in [0.15, 0.2) is 71.6 Å². The van der Waals surface area contributed by atoms with Gasteiger partial charge in [-0.05, 0) is 69.2 Å². The number of carbonyl (C=O) groups excluding carboxylic acids is 1. The number of methoxy groups -OCH3 is 1. The molecular weight excluding hydrogens is 436 g/mol. The van der Waals surface area contributed by atoms with Crippen LogP contribution in [0.2, 0.25) is 0 Å². The van der Waals surface area contributed by atoms with E-state index in [9.17, 15) is 13.2 Å². The molecule has 0 fully saturated rings. The van der Waals surface area contributed by atoms with Crippen molar-refractivity contribution in [2.24, 2.45) is 0 Å². The molecule has 0 unspecified atom stereocenters. The first-order valence-electron chi connectivity index (χ1n) is 10.7. The summed E-state index contributed by atoms with van der Waals surface area (Å²) < 4.78 is 33.7. The molecule has 174 valence electrons. The van der Waals surface area contributed by atoms with Crippen LogP contribution in [-0.4, -0.2) is 28.0 Å². The molecular formula is C26H30N2O4S. The molecule has 3 aromatic rings. The minimum absolute atomic E-state index is 0.137. The Morgan fingerprint density at radius 1 is 0.939 bits per heavy atom. The van der Waals surface area contributed by atoms with Crippen LogP contribution in [-0.2, 0) is 14.8 Å². The number of benzene rings is 3. The molecule has 0 saturated heterocycles. The van der Waals surface area contributed by atoms with E-state index in [2.05, 4.69) is 5.32 Å². The fourth-order valence-corrected chi connectivity index (χ4v) is 5.17. The molecule has 0 aliphatic rings. The standard InChI is InChI=1S/C26H30N2O4S/c1-18-10-12-23(13-11-18)33(30,31)28(22-15-19(2)14-20(3)16-22)17-26(29)27-21(4)24-8-6-7-9-25(24)32-5/h6-16,21H,17H2,1-5H3,(H,27,29)/t21-/m1/s1. The van der Waals surface area contributed by atoms with Gasteiger partial charge in [-0.3, -0.25) is 9.10 Å². The second-order valence-corrected chi connectivity index (χ2v) is 10.1. The molecule has 7 heteroatoms. The van der Waals surface area contributed by atoms with Crippen molar-refractivity contribution < 1.29 is 17.9 Å². The third-order valence-corrected chi connectivity index (χ3v) is 7.16. The molecule has 0 aromatic heterocycles. The number of rotatable bonds is 8. The van der Waals surface area contributed by atoms with Gasteiger partial charge in [-0.1, -0.05) is 42.0 Å². The molecule has 0 aliphatic carbocycles. The Morgan fingerprint density at radius 3 is 2.15 bits per heavy atom. The van der Waals surface area contributed by atoms with E-state index in [1.807, 2.05) is 58.0 Å². The van der Waals surface area contributed by atoms with Crippen LogP contribution < -0.4 is 14.4 Å². The molecule has 0 heterocycles. The lowest BCUT2D eigenvalue weighted by Crippen LogP contribution is -2.41.